The topological polar surface area (TPSA) is 85.2 Å². The summed E-state index contributed by atoms with van der Waals surface area (Å²) in [4.78, 5) is 14.9. The van der Waals surface area contributed by atoms with Crippen LogP contribution in [0.15, 0.2) is 36.4 Å². The molecule has 2 aliphatic heterocycles. The van der Waals surface area contributed by atoms with E-state index in [1.165, 1.54) is 19.3 Å². The number of nitrogens with one attached hydrogen (secondary N) is 1. The van der Waals surface area contributed by atoms with Crippen molar-refractivity contribution >= 4 is 17.5 Å². The molecule has 1 N–H and O–H groups in total. The quantitative estimate of drug-likeness (QED) is 0.660. The average molecular weight is 433 g/mol. The maximum absolute atomic E-state index is 12.6. The number of hydrogen-bond acceptors (Lipinski definition) is 6. The van der Waals surface area contributed by atoms with E-state index in [1.54, 1.807) is 4.68 Å². The van der Waals surface area contributed by atoms with E-state index in [9.17, 15) is 4.79 Å². The first kappa shape index (κ1) is 20.5. The van der Waals surface area contributed by atoms with Gasteiger partial charge >= 0.3 is 0 Å². The van der Waals surface area contributed by atoms with Crippen LogP contribution in [0.2, 0.25) is 0 Å². The van der Waals surface area contributed by atoms with Crippen LogP contribution in [0.25, 0.3) is 5.82 Å². The van der Waals surface area contributed by atoms with Gasteiger partial charge in [-0.3, -0.25) is 4.79 Å². The molecule has 1 atom stereocenters. The minimum absolute atomic E-state index is 0.0320. The van der Waals surface area contributed by atoms with Gasteiger partial charge in [0.15, 0.2) is 11.6 Å². The Hall–Kier alpha value is -3.42. The third-order valence-corrected chi connectivity index (χ3v) is 6.23. The highest BCUT2D eigenvalue weighted by Gasteiger charge is 2.33. The number of amides is 1. The van der Waals surface area contributed by atoms with E-state index in [-0.39, 0.29) is 11.8 Å². The van der Waals surface area contributed by atoms with Crippen molar-refractivity contribution in [2.24, 2.45) is 0 Å². The van der Waals surface area contributed by atoms with Gasteiger partial charge in [-0.1, -0.05) is 12.1 Å². The molecular weight excluding hydrogens is 404 g/mol. The van der Waals surface area contributed by atoms with Crippen LogP contribution >= 0.6 is 0 Å². The summed E-state index contributed by atoms with van der Waals surface area (Å²) < 4.78 is 7.27. The van der Waals surface area contributed by atoms with Crippen molar-refractivity contribution in [2.45, 2.75) is 45.4 Å². The molecule has 1 unspecified atom stereocenters. The van der Waals surface area contributed by atoms with Crippen LogP contribution in [0.4, 0.5) is 11.6 Å². The van der Waals surface area contributed by atoms with E-state index >= 15 is 0 Å². The van der Waals surface area contributed by atoms with Crippen molar-refractivity contribution in [3.05, 3.63) is 53.2 Å². The molecule has 2 aromatic heterocycles. The molecule has 0 aliphatic carbocycles. The number of rotatable bonds is 5. The SMILES string of the molecule is CCOc1ccc(C2CC(=O)Nc3c2c(C)nn3-c2ccc(N3CCCCC3)nn2)cc1. The van der Waals surface area contributed by atoms with Crippen molar-refractivity contribution in [1.82, 2.24) is 20.0 Å². The van der Waals surface area contributed by atoms with Gasteiger partial charge in [-0.05, 0) is 62.9 Å². The second-order valence-electron chi connectivity index (χ2n) is 8.36. The molecule has 2 aliphatic rings. The molecule has 4 heterocycles. The summed E-state index contributed by atoms with van der Waals surface area (Å²) in [6, 6.07) is 11.9. The molecule has 0 spiro atoms. The maximum Gasteiger partial charge on any atom is 0.226 e. The van der Waals surface area contributed by atoms with Crippen LogP contribution in [0.3, 0.4) is 0 Å². The van der Waals surface area contributed by atoms with Crippen LogP contribution in [0, 0.1) is 6.92 Å². The van der Waals surface area contributed by atoms with Crippen molar-refractivity contribution in [2.75, 3.05) is 29.9 Å². The first-order chi connectivity index (χ1) is 15.6. The maximum atomic E-state index is 12.6. The molecule has 166 valence electrons. The number of aryl methyl sites for hydroxylation is 1. The zero-order valence-corrected chi connectivity index (χ0v) is 18.5. The molecule has 5 rings (SSSR count). The number of benzene rings is 1. The Morgan fingerprint density at radius 1 is 1.03 bits per heavy atom. The van der Waals surface area contributed by atoms with Gasteiger partial charge in [-0.25, -0.2) is 0 Å². The van der Waals surface area contributed by atoms with Crippen LogP contribution in [-0.4, -0.2) is 45.6 Å². The molecule has 8 nitrogen and oxygen atoms in total. The summed E-state index contributed by atoms with van der Waals surface area (Å²) in [5.74, 6) is 2.90. The molecule has 1 fully saturated rings. The first-order valence-corrected chi connectivity index (χ1v) is 11.3. The highest BCUT2D eigenvalue weighted by atomic mass is 16.5. The number of piperidine rings is 1. The fourth-order valence-electron chi connectivity index (χ4n) is 4.68. The van der Waals surface area contributed by atoms with Gasteiger partial charge in [0.2, 0.25) is 5.91 Å². The summed E-state index contributed by atoms with van der Waals surface area (Å²) in [6.45, 7) is 6.60. The van der Waals surface area contributed by atoms with E-state index in [1.807, 2.05) is 50.2 Å². The number of anilines is 2. The van der Waals surface area contributed by atoms with E-state index < -0.39 is 0 Å². The standard InChI is InChI=1S/C24H28N6O2/c1-3-32-18-9-7-17(8-10-18)19-15-22(31)25-24-23(19)16(2)28-30(24)21-12-11-20(26-27-21)29-13-5-4-6-14-29/h7-12,19H,3-6,13-15H2,1-2H3,(H,25,31). The van der Waals surface area contributed by atoms with Crippen molar-refractivity contribution in [1.29, 1.82) is 0 Å². The minimum Gasteiger partial charge on any atom is -0.494 e. The van der Waals surface area contributed by atoms with Gasteiger partial charge in [-0.2, -0.15) is 9.78 Å². The monoisotopic (exact) mass is 432 g/mol. The zero-order valence-electron chi connectivity index (χ0n) is 18.5. The van der Waals surface area contributed by atoms with Crippen molar-refractivity contribution in [3.63, 3.8) is 0 Å². The largest absolute Gasteiger partial charge is 0.494 e. The molecule has 1 saturated heterocycles. The van der Waals surface area contributed by atoms with Gasteiger partial charge in [0, 0.05) is 31.0 Å². The second-order valence-corrected chi connectivity index (χ2v) is 8.36. The molecule has 0 saturated carbocycles. The molecule has 8 heteroatoms. The molecule has 32 heavy (non-hydrogen) atoms. The molecule has 1 aromatic carbocycles. The first-order valence-electron chi connectivity index (χ1n) is 11.3. The second kappa shape index (κ2) is 8.61. The number of ether oxygens (including phenoxy) is 1. The Labute approximate surface area is 187 Å². The average Bonchev–Trinajstić information content (AvgIpc) is 3.16. The molecule has 3 aromatic rings. The Morgan fingerprint density at radius 3 is 2.44 bits per heavy atom. The molecule has 0 bridgehead atoms. The number of hydrogen-bond donors (Lipinski definition) is 1. The predicted octanol–water partition coefficient (Wildman–Crippen LogP) is 3.83. The lowest BCUT2D eigenvalue weighted by molar-refractivity contribution is -0.116. The van der Waals surface area contributed by atoms with Crippen LogP contribution in [0.5, 0.6) is 5.75 Å². The summed E-state index contributed by atoms with van der Waals surface area (Å²) in [5, 5.41) is 16.6. The lowest BCUT2D eigenvalue weighted by atomic mass is 9.86. The van der Waals surface area contributed by atoms with Crippen molar-refractivity contribution < 1.29 is 9.53 Å². The molecule has 1 amide bonds. The number of nitrogens with zero attached hydrogens (tertiary/aromatic N) is 5. The van der Waals surface area contributed by atoms with Crippen molar-refractivity contribution in [3.8, 4) is 11.6 Å². The highest BCUT2D eigenvalue weighted by molar-refractivity contribution is 5.95. The Bertz CT molecular complexity index is 1100. The summed E-state index contributed by atoms with van der Waals surface area (Å²) in [6.07, 6.45) is 4.03. The fourth-order valence-corrected chi connectivity index (χ4v) is 4.68. The third-order valence-electron chi connectivity index (χ3n) is 6.23. The van der Waals surface area contributed by atoms with Gasteiger partial charge in [-0.15, -0.1) is 10.2 Å². The predicted molar refractivity (Wildman–Crippen MR) is 123 cm³/mol. The van der Waals surface area contributed by atoms with Gasteiger partial charge < -0.3 is 15.0 Å². The summed E-state index contributed by atoms with van der Waals surface area (Å²) in [5.41, 5.74) is 2.97. The lowest BCUT2D eigenvalue weighted by Gasteiger charge is -2.27. The third kappa shape index (κ3) is 3.81. The number of fused-ring (bicyclic) bond motifs is 1. The number of carbonyl (C=O) groups excluding carboxylic acids is 1. The van der Waals surface area contributed by atoms with Gasteiger partial charge in [0.1, 0.15) is 11.6 Å². The smallest absolute Gasteiger partial charge is 0.226 e. The minimum atomic E-state index is -0.0660. The number of aromatic nitrogens is 4. The van der Waals surface area contributed by atoms with E-state index in [4.69, 9.17) is 9.84 Å². The fraction of sp³-hybridized carbons (Fsp3) is 0.417. The van der Waals surface area contributed by atoms with Crippen LogP contribution in [0.1, 0.15) is 55.3 Å². The van der Waals surface area contributed by atoms with Gasteiger partial charge in [0.25, 0.3) is 0 Å². The lowest BCUT2D eigenvalue weighted by Crippen LogP contribution is -2.30. The number of carbonyl (C=O) groups is 1. The Balaban J connectivity index is 1.47. The Kier molecular flexibility index (Phi) is 5.51. The summed E-state index contributed by atoms with van der Waals surface area (Å²) >= 11 is 0. The van der Waals surface area contributed by atoms with Crippen LogP contribution < -0.4 is 15.0 Å². The van der Waals surface area contributed by atoms with E-state index in [0.29, 0.717) is 24.7 Å². The summed E-state index contributed by atoms with van der Waals surface area (Å²) in [7, 11) is 0. The highest BCUT2D eigenvalue weighted by Crippen LogP contribution is 2.40. The molecule has 0 radical (unpaired) electrons. The Morgan fingerprint density at radius 2 is 1.75 bits per heavy atom. The van der Waals surface area contributed by atoms with E-state index in [2.05, 4.69) is 20.4 Å². The van der Waals surface area contributed by atoms with Gasteiger partial charge in [0.05, 0.1) is 12.3 Å². The molecular formula is C24H28N6O2. The normalized spacial score (nSPS) is 18.2. The van der Waals surface area contributed by atoms with E-state index in [0.717, 1.165) is 41.5 Å². The zero-order chi connectivity index (χ0) is 22.1. The van der Waals surface area contributed by atoms with Crippen LogP contribution in [-0.2, 0) is 4.79 Å².